The number of nitrogens with zero attached hydrogens (tertiary/aromatic N) is 5. The number of rotatable bonds is 4. The van der Waals surface area contributed by atoms with Crippen molar-refractivity contribution in [2.45, 2.75) is 33.6 Å². The summed E-state index contributed by atoms with van der Waals surface area (Å²) in [5.74, 6) is 2.31. The summed E-state index contributed by atoms with van der Waals surface area (Å²) in [6.45, 7) is 5.84. The van der Waals surface area contributed by atoms with E-state index in [9.17, 15) is 4.79 Å². The maximum atomic E-state index is 11.2. The van der Waals surface area contributed by atoms with Crippen molar-refractivity contribution in [3.05, 3.63) is 22.9 Å². The lowest BCUT2D eigenvalue weighted by Crippen LogP contribution is -2.10. The van der Waals surface area contributed by atoms with Gasteiger partial charge in [0.1, 0.15) is 5.82 Å². The van der Waals surface area contributed by atoms with Gasteiger partial charge in [-0.15, -0.1) is 5.10 Å². The van der Waals surface area contributed by atoms with E-state index in [1.807, 2.05) is 27.8 Å². The Hall–Kier alpha value is -1.98. The second-order valence-corrected chi connectivity index (χ2v) is 4.13. The van der Waals surface area contributed by atoms with Crippen molar-refractivity contribution in [1.29, 1.82) is 0 Å². The molecule has 0 aromatic carbocycles. The molecule has 0 radical (unpaired) electrons. The van der Waals surface area contributed by atoms with Crippen LogP contribution in [0.5, 0.6) is 0 Å². The summed E-state index contributed by atoms with van der Waals surface area (Å²) in [6, 6.07) is 0. The van der Waals surface area contributed by atoms with Crippen molar-refractivity contribution in [2.24, 2.45) is 7.05 Å². The van der Waals surface area contributed by atoms with Crippen LogP contribution in [0.3, 0.4) is 0 Å². The predicted octanol–water partition coefficient (Wildman–Crippen LogP) is 1.25. The SMILES string of the molecule is CCc1nc(CC)n(-c2c(C=O)c(C)nn2C)n1. The normalized spacial score (nSPS) is 10.9. The van der Waals surface area contributed by atoms with E-state index in [0.29, 0.717) is 17.1 Å². The van der Waals surface area contributed by atoms with Gasteiger partial charge in [0.15, 0.2) is 17.9 Å². The number of aromatic nitrogens is 5. The maximum Gasteiger partial charge on any atom is 0.164 e. The zero-order valence-corrected chi connectivity index (χ0v) is 11.1. The molecule has 2 aromatic heterocycles. The molecule has 6 nitrogen and oxygen atoms in total. The molecule has 2 heterocycles. The third-order valence-corrected chi connectivity index (χ3v) is 2.91. The van der Waals surface area contributed by atoms with Crippen molar-refractivity contribution in [1.82, 2.24) is 24.5 Å². The van der Waals surface area contributed by atoms with E-state index in [-0.39, 0.29) is 0 Å². The smallest absolute Gasteiger partial charge is 0.164 e. The van der Waals surface area contributed by atoms with E-state index in [2.05, 4.69) is 15.2 Å². The van der Waals surface area contributed by atoms with E-state index in [1.54, 1.807) is 9.36 Å². The van der Waals surface area contributed by atoms with E-state index in [4.69, 9.17) is 0 Å². The lowest BCUT2D eigenvalue weighted by Gasteiger charge is -2.05. The highest BCUT2D eigenvalue weighted by atomic mass is 16.1. The fraction of sp³-hybridized carbons (Fsp3) is 0.500. The molecule has 0 bridgehead atoms. The third-order valence-electron chi connectivity index (χ3n) is 2.91. The van der Waals surface area contributed by atoms with Gasteiger partial charge in [-0.1, -0.05) is 13.8 Å². The minimum absolute atomic E-state index is 0.569. The first-order valence-corrected chi connectivity index (χ1v) is 6.06. The van der Waals surface area contributed by atoms with Crippen LogP contribution >= 0.6 is 0 Å². The summed E-state index contributed by atoms with van der Waals surface area (Å²) in [5, 5.41) is 8.70. The summed E-state index contributed by atoms with van der Waals surface area (Å²) in [7, 11) is 1.81. The minimum atomic E-state index is 0.569. The van der Waals surface area contributed by atoms with Gasteiger partial charge in [-0.05, 0) is 6.92 Å². The molecule has 18 heavy (non-hydrogen) atoms. The van der Waals surface area contributed by atoms with Gasteiger partial charge >= 0.3 is 0 Å². The number of aldehydes is 1. The lowest BCUT2D eigenvalue weighted by molar-refractivity contribution is 0.112. The topological polar surface area (TPSA) is 65.6 Å². The Morgan fingerprint density at radius 1 is 1.22 bits per heavy atom. The number of hydrogen-bond acceptors (Lipinski definition) is 4. The molecule has 2 rings (SSSR count). The van der Waals surface area contributed by atoms with E-state index in [0.717, 1.165) is 30.8 Å². The molecule has 0 unspecified atom stereocenters. The Kier molecular flexibility index (Phi) is 3.27. The Labute approximate surface area is 106 Å². The van der Waals surface area contributed by atoms with Crippen molar-refractivity contribution < 1.29 is 4.79 Å². The van der Waals surface area contributed by atoms with Gasteiger partial charge in [-0.2, -0.15) is 9.78 Å². The van der Waals surface area contributed by atoms with Crippen LogP contribution in [-0.4, -0.2) is 30.8 Å². The van der Waals surface area contributed by atoms with E-state index < -0.39 is 0 Å². The fourth-order valence-corrected chi connectivity index (χ4v) is 1.99. The molecule has 0 aliphatic carbocycles. The molecule has 0 aliphatic rings. The first-order valence-electron chi connectivity index (χ1n) is 6.06. The van der Waals surface area contributed by atoms with Gasteiger partial charge in [0, 0.05) is 19.9 Å². The van der Waals surface area contributed by atoms with Crippen molar-refractivity contribution in [2.75, 3.05) is 0 Å². The predicted molar refractivity (Wildman–Crippen MR) is 67.0 cm³/mol. The summed E-state index contributed by atoms with van der Waals surface area (Å²) < 4.78 is 3.40. The zero-order valence-electron chi connectivity index (χ0n) is 11.1. The first-order chi connectivity index (χ1) is 8.62. The van der Waals surface area contributed by atoms with Crippen LogP contribution in [0, 0.1) is 6.92 Å². The Bertz CT molecular complexity index is 582. The molecular weight excluding hydrogens is 230 g/mol. The van der Waals surface area contributed by atoms with Crippen LogP contribution in [0.1, 0.15) is 41.5 Å². The van der Waals surface area contributed by atoms with E-state index in [1.165, 1.54) is 0 Å². The molecule has 0 amide bonds. The summed E-state index contributed by atoms with van der Waals surface area (Å²) >= 11 is 0. The largest absolute Gasteiger partial charge is 0.298 e. The number of aryl methyl sites for hydroxylation is 4. The Morgan fingerprint density at radius 2 is 1.94 bits per heavy atom. The standard InChI is InChI=1S/C12H17N5O/c1-5-10-13-11(6-2)17(15-10)12-9(7-18)8(3)14-16(12)4/h7H,5-6H2,1-4H3. The van der Waals surface area contributed by atoms with Gasteiger partial charge < -0.3 is 0 Å². The highest BCUT2D eigenvalue weighted by Crippen LogP contribution is 2.17. The number of carbonyl (C=O) groups is 1. The molecular formula is C12H17N5O. The van der Waals surface area contributed by atoms with E-state index >= 15 is 0 Å². The molecule has 2 aromatic rings. The molecule has 0 fully saturated rings. The van der Waals surface area contributed by atoms with Crippen molar-refractivity contribution >= 4 is 6.29 Å². The second kappa shape index (κ2) is 4.72. The molecule has 0 N–H and O–H groups in total. The maximum absolute atomic E-state index is 11.2. The van der Waals surface area contributed by atoms with Crippen molar-refractivity contribution in [3.63, 3.8) is 0 Å². The molecule has 0 saturated heterocycles. The van der Waals surface area contributed by atoms with Gasteiger partial charge in [-0.25, -0.2) is 9.67 Å². The third kappa shape index (κ3) is 1.83. The molecule has 0 aliphatic heterocycles. The highest BCUT2D eigenvalue weighted by Gasteiger charge is 2.18. The zero-order chi connectivity index (χ0) is 13.3. The average Bonchev–Trinajstić information content (AvgIpc) is 2.88. The van der Waals surface area contributed by atoms with Crippen LogP contribution in [0.4, 0.5) is 0 Å². The molecule has 0 saturated carbocycles. The molecule has 96 valence electrons. The van der Waals surface area contributed by atoms with Crippen molar-refractivity contribution in [3.8, 4) is 5.82 Å². The Morgan fingerprint density at radius 3 is 2.50 bits per heavy atom. The number of carbonyl (C=O) groups excluding carboxylic acids is 1. The van der Waals surface area contributed by atoms with Crippen LogP contribution in [0.2, 0.25) is 0 Å². The van der Waals surface area contributed by atoms with Crippen LogP contribution in [0.15, 0.2) is 0 Å². The summed E-state index contributed by atoms with van der Waals surface area (Å²) in [5.41, 5.74) is 1.28. The highest BCUT2D eigenvalue weighted by molar-refractivity contribution is 5.81. The first kappa shape index (κ1) is 12.5. The van der Waals surface area contributed by atoms with Crippen LogP contribution in [-0.2, 0) is 19.9 Å². The average molecular weight is 247 g/mol. The lowest BCUT2D eigenvalue weighted by atomic mass is 10.2. The molecule has 6 heteroatoms. The van der Waals surface area contributed by atoms with Crippen LogP contribution < -0.4 is 0 Å². The monoisotopic (exact) mass is 247 g/mol. The Balaban J connectivity index is 2.67. The summed E-state index contributed by atoms with van der Waals surface area (Å²) in [4.78, 5) is 15.6. The molecule has 0 atom stereocenters. The summed E-state index contributed by atoms with van der Waals surface area (Å²) in [6.07, 6.45) is 2.35. The van der Waals surface area contributed by atoms with Gasteiger partial charge in [-0.3, -0.25) is 4.79 Å². The number of hydrogen-bond donors (Lipinski definition) is 0. The quantitative estimate of drug-likeness (QED) is 0.763. The van der Waals surface area contributed by atoms with Gasteiger partial charge in [0.2, 0.25) is 0 Å². The fourth-order valence-electron chi connectivity index (χ4n) is 1.99. The van der Waals surface area contributed by atoms with Crippen LogP contribution in [0.25, 0.3) is 5.82 Å². The second-order valence-electron chi connectivity index (χ2n) is 4.13. The van der Waals surface area contributed by atoms with Gasteiger partial charge in [0.05, 0.1) is 11.3 Å². The minimum Gasteiger partial charge on any atom is -0.298 e. The molecule has 0 spiro atoms. The van der Waals surface area contributed by atoms with Gasteiger partial charge in [0.25, 0.3) is 0 Å².